The van der Waals surface area contributed by atoms with Gasteiger partial charge in [0.25, 0.3) is 0 Å². The Balaban J connectivity index is 1.54. The Bertz CT molecular complexity index is 798. The molecule has 1 aromatic carbocycles. The first kappa shape index (κ1) is 16.1. The zero-order valence-corrected chi connectivity index (χ0v) is 13.6. The van der Waals surface area contributed by atoms with E-state index in [1.54, 1.807) is 18.5 Å². The van der Waals surface area contributed by atoms with Crippen LogP contribution in [0.2, 0.25) is 0 Å². The van der Waals surface area contributed by atoms with Crippen molar-refractivity contribution < 1.29 is 4.79 Å². The second kappa shape index (κ2) is 8.16. The third-order valence-corrected chi connectivity index (χ3v) is 4.01. The highest BCUT2D eigenvalue weighted by Gasteiger charge is 2.06. The Hall–Kier alpha value is -2.80. The van der Waals surface area contributed by atoms with E-state index in [0.29, 0.717) is 11.7 Å². The topological polar surface area (TPSA) is 80.7 Å². The number of carbonyl (C=O) groups is 1. The molecule has 0 spiro atoms. The fourth-order valence-corrected chi connectivity index (χ4v) is 2.62. The monoisotopic (exact) mass is 337 g/mol. The van der Waals surface area contributed by atoms with Crippen LogP contribution in [0.4, 0.5) is 0 Å². The van der Waals surface area contributed by atoms with Crippen molar-refractivity contribution in [2.24, 2.45) is 0 Å². The molecule has 0 atom stereocenters. The summed E-state index contributed by atoms with van der Waals surface area (Å²) in [4.78, 5) is 28.5. The molecule has 0 aliphatic rings. The Labute approximate surface area is 143 Å². The minimum absolute atomic E-state index is 0.0904. The molecule has 3 rings (SSSR count). The summed E-state index contributed by atoms with van der Waals surface area (Å²) in [5.74, 6) is 0.174. The van der Waals surface area contributed by atoms with E-state index in [-0.39, 0.29) is 11.7 Å². The molecule has 7 heteroatoms. The SMILES string of the molecule is O=C(CSc1ncccn1)NCc1cc(-c2ccccc2)ncn1. The standard InChI is InChI=1S/C17H15N5OS/c23-16(11-24-17-18-7-4-8-19-17)20-10-14-9-15(22-12-21-14)13-5-2-1-3-6-13/h1-9,12H,10-11H2,(H,20,23). The first-order valence-corrected chi connectivity index (χ1v) is 8.33. The lowest BCUT2D eigenvalue weighted by Crippen LogP contribution is -2.25. The Morgan fingerprint density at radius 3 is 2.58 bits per heavy atom. The van der Waals surface area contributed by atoms with Gasteiger partial charge in [0.15, 0.2) is 5.16 Å². The number of carbonyl (C=O) groups excluding carboxylic acids is 1. The zero-order chi connectivity index (χ0) is 16.6. The summed E-state index contributed by atoms with van der Waals surface area (Å²) in [5.41, 5.74) is 2.62. The third kappa shape index (κ3) is 4.60. The van der Waals surface area contributed by atoms with Gasteiger partial charge in [0.05, 0.1) is 23.7 Å². The molecule has 24 heavy (non-hydrogen) atoms. The Kier molecular flexibility index (Phi) is 5.47. The molecule has 0 aliphatic carbocycles. The van der Waals surface area contributed by atoms with E-state index in [2.05, 4.69) is 25.3 Å². The van der Waals surface area contributed by atoms with Gasteiger partial charge in [0, 0.05) is 18.0 Å². The van der Waals surface area contributed by atoms with E-state index in [4.69, 9.17) is 0 Å². The molecule has 0 fully saturated rings. The zero-order valence-electron chi connectivity index (χ0n) is 12.8. The predicted molar refractivity (Wildman–Crippen MR) is 92.1 cm³/mol. The number of aromatic nitrogens is 4. The molecular formula is C17H15N5OS. The van der Waals surface area contributed by atoms with Gasteiger partial charge in [-0.15, -0.1) is 0 Å². The van der Waals surface area contributed by atoms with Crippen LogP contribution in [0.25, 0.3) is 11.3 Å². The molecule has 2 aromatic heterocycles. The summed E-state index contributed by atoms with van der Waals surface area (Å²) in [6, 6.07) is 13.5. The largest absolute Gasteiger partial charge is 0.350 e. The van der Waals surface area contributed by atoms with Crippen molar-refractivity contribution in [3.8, 4) is 11.3 Å². The van der Waals surface area contributed by atoms with Gasteiger partial charge in [0.2, 0.25) is 5.91 Å². The summed E-state index contributed by atoms with van der Waals surface area (Å²) in [6.45, 7) is 0.359. The summed E-state index contributed by atoms with van der Waals surface area (Å²) >= 11 is 1.30. The second-order valence-electron chi connectivity index (χ2n) is 4.86. The molecule has 0 radical (unpaired) electrons. The highest BCUT2D eigenvalue weighted by Crippen LogP contribution is 2.16. The lowest BCUT2D eigenvalue weighted by atomic mass is 10.1. The molecule has 6 nitrogen and oxygen atoms in total. The molecule has 3 aromatic rings. The van der Waals surface area contributed by atoms with Crippen molar-refractivity contribution in [3.05, 3.63) is 66.9 Å². The van der Waals surface area contributed by atoms with Gasteiger partial charge in [0.1, 0.15) is 6.33 Å². The Morgan fingerprint density at radius 2 is 1.79 bits per heavy atom. The van der Waals surface area contributed by atoms with Gasteiger partial charge in [-0.3, -0.25) is 4.79 Å². The highest BCUT2D eigenvalue weighted by molar-refractivity contribution is 7.99. The minimum atomic E-state index is -0.0904. The highest BCUT2D eigenvalue weighted by atomic mass is 32.2. The summed E-state index contributed by atoms with van der Waals surface area (Å²) in [5, 5.41) is 3.43. The fraction of sp³-hybridized carbons (Fsp3) is 0.118. The van der Waals surface area contributed by atoms with Crippen molar-refractivity contribution >= 4 is 17.7 Å². The van der Waals surface area contributed by atoms with Crippen LogP contribution in [0.15, 0.2) is 66.3 Å². The van der Waals surface area contributed by atoms with E-state index < -0.39 is 0 Å². The lowest BCUT2D eigenvalue weighted by molar-refractivity contribution is -0.118. The van der Waals surface area contributed by atoms with E-state index in [9.17, 15) is 4.79 Å². The number of nitrogens with one attached hydrogen (secondary N) is 1. The number of hydrogen-bond acceptors (Lipinski definition) is 6. The number of benzene rings is 1. The maximum atomic E-state index is 11.9. The maximum Gasteiger partial charge on any atom is 0.230 e. The summed E-state index contributed by atoms with van der Waals surface area (Å²) in [7, 11) is 0. The van der Waals surface area contributed by atoms with Crippen LogP contribution in [0.3, 0.4) is 0 Å². The van der Waals surface area contributed by atoms with Crippen LogP contribution in [-0.4, -0.2) is 31.6 Å². The van der Waals surface area contributed by atoms with Gasteiger partial charge in [-0.1, -0.05) is 42.1 Å². The van der Waals surface area contributed by atoms with E-state index in [0.717, 1.165) is 17.0 Å². The maximum absolute atomic E-state index is 11.9. The molecule has 0 unspecified atom stereocenters. The number of amides is 1. The molecule has 0 saturated carbocycles. The second-order valence-corrected chi connectivity index (χ2v) is 5.80. The molecule has 1 N–H and O–H groups in total. The van der Waals surface area contributed by atoms with Crippen LogP contribution >= 0.6 is 11.8 Å². The van der Waals surface area contributed by atoms with Crippen molar-refractivity contribution in [3.63, 3.8) is 0 Å². The molecule has 2 heterocycles. The molecule has 0 aliphatic heterocycles. The molecule has 120 valence electrons. The Morgan fingerprint density at radius 1 is 1.00 bits per heavy atom. The third-order valence-electron chi connectivity index (χ3n) is 3.13. The number of hydrogen-bond donors (Lipinski definition) is 1. The van der Waals surface area contributed by atoms with Gasteiger partial charge >= 0.3 is 0 Å². The van der Waals surface area contributed by atoms with E-state index in [1.807, 2.05) is 36.4 Å². The average Bonchev–Trinajstić information content (AvgIpc) is 2.66. The number of thioether (sulfide) groups is 1. The minimum Gasteiger partial charge on any atom is -0.350 e. The number of nitrogens with zero attached hydrogens (tertiary/aromatic N) is 4. The smallest absolute Gasteiger partial charge is 0.230 e. The number of rotatable bonds is 6. The van der Waals surface area contributed by atoms with E-state index >= 15 is 0 Å². The average molecular weight is 337 g/mol. The molecule has 0 saturated heterocycles. The van der Waals surface area contributed by atoms with E-state index in [1.165, 1.54) is 18.1 Å². The quantitative estimate of drug-likeness (QED) is 0.549. The summed E-state index contributed by atoms with van der Waals surface area (Å²) in [6.07, 6.45) is 4.81. The predicted octanol–water partition coefficient (Wildman–Crippen LogP) is 2.34. The van der Waals surface area contributed by atoms with Crippen LogP contribution < -0.4 is 5.32 Å². The molecular weight excluding hydrogens is 322 g/mol. The van der Waals surface area contributed by atoms with Crippen LogP contribution in [0.1, 0.15) is 5.69 Å². The van der Waals surface area contributed by atoms with Gasteiger partial charge in [-0.2, -0.15) is 0 Å². The normalized spacial score (nSPS) is 10.3. The first-order valence-electron chi connectivity index (χ1n) is 7.34. The molecule has 0 bridgehead atoms. The van der Waals surface area contributed by atoms with Crippen molar-refractivity contribution in [2.75, 3.05) is 5.75 Å². The van der Waals surface area contributed by atoms with Gasteiger partial charge < -0.3 is 5.32 Å². The van der Waals surface area contributed by atoms with Crippen LogP contribution in [0.5, 0.6) is 0 Å². The van der Waals surface area contributed by atoms with Crippen molar-refractivity contribution in [1.82, 2.24) is 25.3 Å². The summed E-state index contributed by atoms with van der Waals surface area (Å²) < 4.78 is 0. The van der Waals surface area contributed by atoms with Crippen LogP contribution in [0, 0.1) is 0 Å². The van der Waals surface area contributed by atoms with Crippen LogP contribution in [-0.2, 0) is 11.3 Å². The van der Waals surface area contributed by atoms with Crippen molar-refractivity contribution in [2.45, 2.75) is 11.7 Å². The van der Waals surface area contributed by atoms with Gasteiger partial charge in [-0.05, 0) is 12.1 Å². The molecule has 1 amide bonds. The van der Waals surface area contributed by atoms with Crippen molar-refractivity contribution in [1.29, 1.82) is 0 Å². The van der Waals surface area contributed by atoms with Gasteiger partial charge in [-0.25, -0.2) is 19.9 Å². The first-order chi connectivity index (χ1) is 11.8. The fourth-order valence-electron chi connectivity index (χ4n) is 1.99. The lowest BCUT2D eigenvalue weighted by Gasteiger charge is -2.06.